The summed E-state index contributed by atoms with van der Waals surface area (Å²) in [6.07, 6.45) is 5.71. The van der Waals surface area contributed by atoms with Crippen LogP contribution in [0.25, 0.3) is 0 Å². The molecule has 1 aliphatic carbocycles. The molecular formula is C19H32N2O4. The predicted octanol–water partition coefficient (Wildman–Crippen LogP) is 2.56. The first kappa shape index (κ1) is 18.5. The van der Waals surface area contributed by atoms with E-state index < -0.39 is 12.1 Å². The molecule has 0 aromatic carbocycles. The van der Waals surface area contributed by atoms with Gasteiger partial charge in [0.25, 0.3) is 0 Å². The highest BCUT2D eigenvalue weighted by atomic mass is 16.5. The molecule has 1 saturated carbocycles. The Bertz CT molecular complexity index is 490. The van der Waals surface area contributed by atoms with Gasteiger partial charge in [-0.3, -0.25) is 4.79 Å². The monoisotopic (exact) mass is 352 g/mol. The number of nitrogens with one attached hydrogen (secondary N) is 1. The number of hydrogen-bond donors (Lipinski definition) is 1. The summed E-state index contributed by atoms with van der Waals surface area (Å²) in [7, 11) is 1.35. The van der Waals surface area contributed by atoms with Crippen molar-refractivity contribution in [1.82, 2.24) is 10.2 Å². The number of rotatable bonds is 4. The van der Waals surface area contributed by atoms with Crippen LogP contribution >= 0.6 is 0 Å². The Morgan fingerprint density at radius 1 is 1.16 bits per heavy atom. The standard InChI is InChI=1S/C19H32N2O4/c1-12(2)16-11-14-5-4-6-15(14)21(16)18(22)17(20-19(23)24-3)13-7-9-25-10-8-13/h12-17H,4-11H2,1-3H3,(H,20,23)/t14?,15?,16?,17-/m0/s1. The lowest BCUT2D eigenvalue weighted by Gasteiger charge is -2.38. The Balaban J connectivity index is 1.82. The van der Waals surface area contributed by atoms with Gasteiger partial charge in [-0.05, 0) is 49.9 Å². The van der Waals surface area contributed by atoms with Crippen molar-refractivity contribution in [3.63, 3.8) is 0 Å². The molecule has 3 unspecified atom stereocenters. The van der Waals surface area contributed by atoms with E-state index in [0.717, 1.165) is 25.7 Å². The van der Waals surface area contributed by atoms with Crippen molar-refractivity contribution in [2.75, 3.05) is 20.3 Å². The fourth-order valence-electron chi connectivity index (χ4n) is 5.03. The van der Waals surface area contributed by atoms with E-state index in [0.29, 0.717) is 31.1 Å². The molecule has 6 nitrogen and oxygen atoms in total. The smallest absolute Gasteiger partial charge is 0.407 e. The number of ether oxygens (including phenoxy) is 2. The van der Waals surface area contributed by atoms with Gasteiger partial charge < -0.3 is 19.7 Å². The minimum Gasteiger partial charge on any atom is -0.453 e. The van der Waals surface area contributed by atoms with Crippen molar-refractivity contribution in [3.8, 4) is 0 Å². The number of amides is 2. The van der Waals surface area contributed by atoms with E-state index in [1.807, 2.05) is 0 Å². The second-order valence-corrected chi connectivity index (χ2v) is 8.11. The third-order valence-corrected chi connectivity index (χ3v) is 6.36. The van der Waals surface area contributed by atoms with Gasteiger partial charge in [-0.15, -0.1) is 0 Å². The fraction of sp³-hybridized carbons (Fsp3) is 0.895. The molecule has 142 valence electrons. The highest BCUT2D eigenvalue weighted by molar-refractivity contribution is 5.87. The lowest BCUT2D eigenvalue weighted by Crippen LogP contribution is -2.56. The zero-order valence-corrected chi connectivity index (χ0v) is 15.7. The summed E-state index contributed by atoms with van der Waals surface area (Å²) in [6, 6.07) is 0.128. The molecule has 4 atom stereocenters. The van der Waals surface area contributed by atoms with Crippen LogP contribution < -0.4 is 5.32 Å². The van der Waals surface area contributed by atoms with Crippen molar-refractivity contribution < 1.29 is 19.1 Å². The normalized spacial score (nSPS) is 31.0. The zero-order valence-electron chi connectivity index (χ0n) is 15.7. The van der Waals surface area contributed by atoms with Gasteiger partial charge in [-0.2, -0.15) is 0 Å². The van der Waals surface area contributed by atoms with Crippen molar-refractivity contribution in [3.05, 3.63) is 0 Å². The molecule has 0 aromatic rings. The van der Waals surface area contributed by atoms with Crippen molar-refractivity contribution in [2.45, 2.75) is 70.5 Å². The second-order valence-electron chi connectivity index (χ2n) is 8.11. The maximum atomic E-state index is 13.6. The number of methoxy groups -OCH3 is 1. The molecule has 2 saturated heterocycles. The fourth-order valence-corrected chi connectivity index (χ4v) is 5.03. The Labute approximate surface area is 150 Å². The number of fused-ring (bicyclic) bond motifs is 1. The van der Waals surface area contributed by atoms with Crippen LogP contribution in [0.15, 0.2) is 0 Å². The summed E-state index contributed by atoms with van der Waals surface area (Å²) < 4.78 is 10.2. The Morgan fingerprint density at radius 3 is 2.52 bits per heavy atom. The van der Waals surface area contributed by atoms with Crippen LogP contribution in [-0.4, -0.2) is 55.3 Å². The molecule has 1 N–H and O–H groups in total. The molecule has 2 aliphatic heterocycles. The largest absolute Gasteiger partial charge is 0.453 e. The van der Waals surface area contributed by atoms with Gasteiger partial charge >= 0.3 is 6.09 Å². The van der Waals surface area contributed by atoms with Gasteiger partial charge in [0.15, 0.2) is 0 Å². The quantitative estimate of drug-likeness (QED) is 0.844. The lowest BCUT2D eigenvalue weighted by atomic mass is 9.90. The van der Waals surface area contributed by atoms with Gasteiger partial charge in [0.1, 0.15) is 6.04 Å². The summed E-state index contributed by atoms with van der Waals surface area (Å²) >= 11 is 0. The zero-order chi connectivity index (χ0) is 18.0. The highest BCUT2D eigenvalue weighted by Crippen LogP contribution is 2.44. The van der Waals surface area contributed by atoms with Gasteiger partial charge in [-0.25, -0.2) is 4.79 Å². The van der Waals surface area contributed by atoms with Crippen LogP contribution in [0.2, 0.25) is 0 Å². The molecule has 0 spiro atoms. The van der Waals surface area contributed by atoms with E-state index in [2.05, 4.69) is 24.1 Å². The van der Waals surface area contributed by atoms with Crippen LogP contribution in [-0.2, 0) is 14.3 Å². The average molecular weight is 352 g/mol. The molecule has 3 aliphatic rings. The van der Waals surface area contributed by atoms with Crippen LogP contribution in [0, 0.1) is 17.8 Å². The van der Waals surface area contributed by atoms with E-state index in [4.69, 9.17) is 9.47 Å². The number of hydrogen-bond acceptors (Lipinski definition) is 4. The number of carbonyl (C=O) groups is 2. The summed E-state index contributed by atoms with van der Waals surface area (Å²) in [5, 5.41) is 2.84. The van der Waals surface area contributed by atoms with Gasteiger partial charge in [0.2, 0.25) is 5.91 Å². The van der Waals surface area contributed by atoms with Crippen molar-refractivity contribution in [1.29, 1.82) is 0 Å². The third kappa shape index (κ3) is 3.78. The lowest BCUT2D eigenvalue weighted by molar-refractivity contribution is -0.139. The van der Waals surface area contributed by atoms with E-state index in [9.17, 15) is 9.59 Å². The molecule has 6 heteroatoms. The van der Waals surface area contributed by atoms with Crippen LogP contribution in [0.3, 0.4) is 0 Å². The summed E-state index contributed by atoms with van der Waals surface area (Å²) in [5.41, 5.74) is 0. The minimum absolute atomic E-state index is 0.0883. The highest BCUT2D eigenvalue weighted by Gasteiger charge is 2.49. The molecule has 25 heavy (non-hydrogen) atoms. The second kappa shape index (κ2) is 7.94. The first-order valence-corrected chi connectivity index (χ1v) is 9.77. The van der Waals surface area contributed by atoms with Gasteiger partial charge in [0, 0.05) is 25.3 Å². The number of nitrogens with zero attached hydrogens (tertiary/aromatic N) is 1. The van der Waals surface area contributed by atoms with E-state index in [1.54, 1.807) is 0 Å². The Kier molecular flexibility index (Phi) is 5.87. The van der Waals surface area contributed by atoms with Crippen LogP contribution in [0.5, 0.6) is 0 Å². The molecule has 0 radical (unpaired) electrons. The molecular weight excluding hydrogens is 320 g/mol. The summed E-state index contributed by atoms with van der Waals surface area (Å²) in [4.78, 5) is 27.6. The molecule has 3 fully saturated rings. The third-order valence-electron chi connectivity index (χ3n) is 6.36. The predicted molar refractivity (Wildman–Crippen MR) is 94.1 cm³/mol. The van der Waals surface area contributed by atoms with Crippen LogP contribution in [0.4, 0.5) is 4.79 Å². The Hall–Kier alpha value is -1.30. The van der Waals surface area contributed by atoms with Gasteiger partial charge in [0.05, 0.1) is 7.11 Å². The van der Waals surface area contributed by atoms with Crippen molar-refractivity contribution in [2.24, 2.45) is 17.8 Å². The topological polar surface area (TPSA) is 67.9 Å². The average Bonchev–Trinajstić information content (AvgIpc) is 3.20. The van der Waals surface area contributed by atoms with Crippen LogP contribution in [0.1, 0.15) is 52.4 Å². The minimum atomic E-state index is -0.520. The Morgan fingerprint density at radius 2 is 1.88 bits per heavy atom. The molecule has 0 aromatic heterocycles. The number of carbonyl (C=O) groups excluding carboxylic acids is 2. The molecule has 2 heterocycles. The number of alkyl carbamates (subject to hydrolysis) is 1. The molecule has 0 bridgehead atoms. The van der Waals surface area contributed by atoms with E-state index in [-0.39, 0.29) is 17.9 Å². The van der Waals surface area contributed by atoms with Crippen molar-refractivity contribution >= 4 is 12.0 Å². The van der Waals surface area contributed by atoms with Gasteiger partial charge in [-0.1, -0.05) is 20.3 Å². The first-order chi connectivity index (χ1) is 12.0. The molecule has 3 rings (SSSR count). The van der Waals surface area contributed by atoms with E-state index >= 15 is 0 Å². The maximum absolute atomic E-state index is 13.6. The first-order valence-electron chi connectivity index (χ1n) is 9.77. The SMILES string of the molecule is COC(=O)N[C@H](C(=O)N1C(C(C)C)CC2CCCC21)C1CCOCC1. The summed E-state index contributed by atoms with van der Waals surface area (Å²) in [6.45, 7) is 5.69. The maximum Gasteiger partial charge on any atom is 0.407 e. The molecule has 2 amide bonds. The number of likely N-dealkylation sites (tertiary alicyclic amines) is 1. The summed E-state index contributed by atoms with van der Waals surface area (Å²) in [5.74, 6) is 1.27. The van der Waals surface area contributed by atoms with E-state index in [1.165, 1.54) is 20.0 Å².